The van der Waals surface area contributed by atoms with Crippen LogP contribution in [0.1, 0.15) is 18.5 Å². The van der Waals surface area contributed by atoms with Gasteiger partial charge in [-0.05, 0) is 24.6 Å². The van der Waals surface area contributed by atoms with Crippen LogP contribution >= 0.6 is 11.8 Å². The van der Waals surface area contributed by atoms with E-state index in [-0.39, 0.29) is 6.61 Å². The van der Waals surface area contributed by atoms with Crippen LogP contribution in [0.2, 0.25) is 0 Å². The summed E-state index contributed by atoms with van der Waals surface area (Å²) in [5.41, 5.74) is 1.57. The third-order valence-electron chi connectivity index (χ3n) is 3.84. The lowest BCUT2D eigenvalue weighted by Crippen LogP contribution is -2.46. The number of rotatable bonds is 7. The highest BCUT2D eigenvalue weighted by atomic mass is 32.2. The number of aromatic amines is 1. The Morgan fingerprint density at radius 2 is 2.07 bits per heavy atom. The fraction of sp³-hybridized carbons (Fsp3) is 0.294. The molecule has 0 saturated carbocycles. The number of methoxy groups -OCH3 is 1. The largest absolute Gasteiger partial charge is 0.497 e. The maximum atomic E-state index is 12.6. The summed E-state index contributed by atoms with van der Waals surface area (Å²) in [6.07, 6.45) is 1.39. The Morgan fingerprint density at radius 1 is 1.30 bits per heavy atom. The van der Waals surface area contributed by atoms with E-state index in [9.17, 15) is 9.59 Å². The number of benzene rings is 1. The lowest BCUT2D eigenvalue weighted by Gasteiger charge is -2.29. The zero-order valence-corrected chi connectivity index (χ0v) is 15.6. The number of ether oxygens (including phenoxy) is 2. The second-order valence-electron chi connectivity index (χ2n) is 5.50. The number of thioether (sulfide) groups is 1. The fourth-order valence-electron chi connectivity index (χ4n) is 2.63. The summed E-state index contributed by atoms with van der Waals surface area (Å²) in [7, 11) is 1.57. The predicted octanol–water partition coefficient (Wildman–Crippen LogP) is 1.78. The predicted molar refractivity (Wildman–Crippen MR) is 98.2 cm³/mol. The monoisotopic (exact) mass is 389 g/mol. The molecule has 2 aromatic rings. The molecule has 0 bridgehead atoms. The Hall–Kier alpha value is -3.01. The molecule has 3 N–H and O–H groups in total. The first-order chi connectivity index (χ1) is 13.1. The maximum absolute atomic E-state index is 12.6. The van der Waals surface area contributed by atoms with Crippen molar-refractivity contribution in [2.24, 2.45) is 0 Å². The van der Waals surface area contributed by atoms with E-state index in [2.05, 4.69) is 25.8 Å². The van der Waals surface area contributed by atoms with Crippen LogP contribution in [0.5, 0.6) is 5.75 Å². The normalized spacial score (nSPS) is 16.5. The molecule has 0 aliphatic carbocycles. The van der Waals surface area contributed by atoms with Crippen molar-refractivity contribution in [2.45, 2.75) is 18.1 Å². The van der Waals surface area contributed by atoms with Gasteiger partial charge in [-0.25, -0.2) is 14.6 Å². The van der Waals surface area contributed by atoms with E-state index in [1.54, 1.807) is 38.3 Å². The topological polar surface area (TPSA) is 118 Å². The number of amides is 2. The van der Waals surface area contributed by atoms with E-state index in [1.807, 2.05) is 0 Å². The van der Waals surface area contributed by atoms with Gasteiger partial charge in [0.15, 0.2) is 5.16 Å². The Balaban J connectivity index is 1.96. The van der Waals surface area contributed by atoms with Gasteiger partial charge in [-0.3, -0.25) is 5.10 Å². The van der Waals surface area contributed by atoms with Crippen molar-refractivity contribution >= 4 is 23.8 Å². The molecule has 142 valence electrons. The van der Waals surface area contributed by atoms with Crippen LogP contribution in [-0.2, 0) is 9.53 Å². The van der Waals surface area contributed by atoms with E-state index in [4.69, 9.17) is 9.47 Å². The Labute approximate surface area is 159 Å². The first-order valence-corrected chi connectivity index (χ1v) is 9.20. The first kappa shape index (κ1) is 18.8. The summed E-state index contributed by atoms with van der Waals surface area (Å²) < 4.78 is 10.4. The molecular formula is C17H19N5O4S. The Morgan fingerprint density at radius 3 is 2.70 bits per heavy atom. The van der Waals surface area contributed by atoms with Crippen molar-refractivity contribution in [1.82, 2.24) is 25.8 Å². The number of nitrogens with one attached hydrogen (secondary N) is 3. The van der Waals surface area contributed by atoms with Gasteiger partial charge in [0.25, 0.3) is 0 Å². The van der Waals surface area contributed by atoms with E-state index in [0.717, 1.165) is 5.56 Å². The zero-order valence-electron chi connectivity index (χ0n) is 14.8. The molecule has 27 heavy (non-hydrogen) atoms. The number of hydrogen-bond acceptors (Lipinski definition) is 7. The molecule has 2 heterocycles. The maximum Gasteiger partial charge on any atom is 0.338 e. The van der Waals surface area contributed by atoms with E-state index < -0.39 is 18.0 Å². The third kappa shape index (κ3) is 4.40. The minimum absolute atomic E-state index is 0.230. The molecular weight excluding hydrogens is 370 g/mol. The van der Waals surface area contributed by atoms with Gasteiger partial charge >= 0.3 is 12.0 Å². The van der Waals surface area contributed by atoms with Crippen molar-refractivity contribution in [3.63, 3.8) is 0 Å². The standard InChI is InChI=1S/C17H19N5O4S/c1-3-26-15(23)13-12(8-27-17-18-9-19-22-17)20-16(24)21-14(13)10-4-6-11(25-2)7-5-10/h4-7,9,14H,3,8H2,1-2H3,(H,18,19,22)(H2,20,21,24). The molecule has 0 spiro atoms. The van der Waals surface area contributed by atoms with E-state index in [1.165, 1.54) is 18.1 Å². The van der Waals surface area contributed by atoms with Crippen molar-refractivity contribution in [2.75, 3.05) is 19.5 Å². The number of nitrogens with zero attached hydrogens (tertiary/aromatic N) is 2. The molecule has 1 aliphatic rings. The molecule has 1 aromatic heterocycles. The van der Waals surface area contributed by atoms with E-state index >= 15 is 0 Å². The van der Waals surface area contributed by atoms with Crippen LogP contribution in [0.25, 0.3) is 0 Å². The molecule has 1 aromatic carbocycles. The number of esters is 1. The second kappa shape index (κ2) is 8.58. The van der Waals surface area contributed by atoms with Crippen molar-refractivity contribution in [1.29, 1.82) is 0 Å². The Kier molecular flexibility index (Phi) is 5.97. The molecule has 10 heteroatoms. The molecule has 3 rings (SSSR count). The van der Waals surface area contributed by atoms with E-state index in [0.29, 0.717) is 27.9 Å². The average Bonchev–Trinajstić information content (AvgIpc) is 3.19. The first-order valence-electron chi connectivity index (χ1n) is 8.22. The van der Waals surface area contributed by atoms with Crippen LogP contribution in [-0.4, -0.2) is 46.7 Å². The number of hydrogen-bond donors (Lipinski definition) is 3. The summed E-state index contributed by atoms with van der Waals surface area (Å²) in [4.78, 5) is 28.9. The van der Waals surface area contributed by atoms with Crippen LogP contribution in [0, 0.1) is 0 Å². The molecule has 1 unspecified atom stereocenters. The van der Waals surface area contributed by atoms with Crippen LogP contribution in [0.3, 0.4) is 0 Å². The van der Waals surface area contributed by atoms with Crippen LogP contribution < -0.4 is 15.4 Å². The smallest absolute Gasteiger partial charge is 0.338 e. The summed E-state index contributed by atoms with van der Waals surface area (Å²) in [6, 6.07) is 6.13. The zero-order chi connectivity index (χ0) is 19.2. The van der Waals surface area contributed by atoms with Gasteiger partial charge in [-0.2, -0.15) is 5.10 Å². The molecule has 0 radical (unpaired) electrons. The quantitative estimate of drug-likeness (QED) is 0.488. The number of H-pyrrole nitrogens is 1. The highest BCUT2D eigenvalue weighted by molar-refractivity contribution is 7.99. The molecule has 9 nitrogen and oxygen atoms in total. The fourth-order valence-corrected chi connectivity index (χ4v) is 3.38. The Bertz CT molecular complexity index is 836. The number of aromatic nitrogens is 3. The van der Waals surface area contributed by atoms with Crippen LogP contribution in [0.15, 0.2) is 47.0 Å². The van der Waals surface area contributed by atoms with Crippen LogP contribution in [0.4, 0.5) is 4.79 Å². The molecule has 1 aliphatic heterocycles. The van der Waals surface area contributed by atoms with Crippen molar-refractivity contribution in [3.8, 4) is 5.75 Å². The summed E-state index contributed by atoms with van der Waals surface area (Å²) in [5.74, 6) is 0.518. The molecule has 0 saturated heterocycles. The molecule has 1 atom stereocenters. The van der Waals surface area contributed by atoms with Crippen molar-refractivity contribution in [3.05, 3.63) is 47.4 Å². The lowest BCUT2D eigenvalue weighted by atomic mass is 9.95. The minimum Gasteiger partial charge on any atom is -0.497 e. The second-order valence-corrected chi connectivity index (χ2v) is 6.46. The van der Waals surface area contributed by atoms with Gasteiger partial charge in [0.1, 0.15) is 12.1 Å². The SMILES string of the molecule is CCOC(=O)C1=C(CSc2ncn[nH]2)NC(=O)NC1c1ccc(OC)cc1. The van der Waals surface area contributed by atoms with Gasteiger partial charge in [-0.1, -0.05) is 23.9 Å². The lowest BCUT2D eigenvalue weighted by molar-refractivity contribution is -0.139. The average molecular weight is 389 g/mol. The number of urea groups is 1. The highest BCUT2D eigenvalue weighted by Gasteiger charge is 2.33. The summed E-state index contributed by atoms with van der Waals surface area (Å²) >= 11 is 1.32. The van der Waals surface area contributed by atoms with Gasteiger partial charge in [0.2, 0.25) is 0 Å². The minimum atomic E-state index is -0.631. The van der Waals surface area contributed by atoms with Gasteiger partial charge < -0.3 is 20.1 Å². The van der Waals surface area contributed by atoms with Gasteiger partial charge in [0.05, 0.1) is 25.3 Å². The van der Waals surface area contributed by atoms with Gasteiger partial charge in [0, 0.05) is 11.4 Å². The summed E-state index contributed by atoms with van der Waals surface area (Å²) in [6.45, 7) is 1.97. The highest BCUT2D eigenvalue weighted by Crippen LogP contribution is 2.30. The number of carbonyl (C=O) groups excluding carboxylic acids is 2. The summed E-state index contributed by atoms with van der Waals surface area (Å²) in [5, 5.41) is 12.6. The molecule has 0 fully saturated rings. The third-order valence-corrected chi connectivity index (χ3v) is 4.75. The molecule has 2 amide bonds. The number of carbonyl (C=O) groups is 2. The van der Waals surface area contributed by atoms with Gasteiger partial charge in [-0.15, -0.1) is 0 Å². The van der Waals surface area contributed by atoms with Crippen molar-refractivity contribution < 1.29 is 19.1 Å².